The highest BCUT2D eigenvalue weighted by molar-refractivity contribution is 7.27. The smallest absolute Gasteiger partial charge is 0.156 e. The minimum atomic E-state index is -0.197. The van der Waals surface area contributed by atoms with Crippen LogP contribution in [0.1, 0.15) is 36.1 Å². The molecule has 0 fully saturated rings. The fourth-order valence-electron chi connectivity index (χ4n) is 7.87. The summed E-state index contributed by atoms with van der Waals surface area (Å²) in [6.07, 6.45) is 0.854. The second-order valence-electron chi connectivity index (χ2n) is 12.9. The number of hydrogen-bond donors (Lipinski definition) is 0. The van der Waals surface area contributed by atoms with E-state index in [1.807, 2.05) is 12.1 Å². The lowest BCUT2D eigenvalue weighted by molar-refractivity contribution is 0.533. The number of benzene rings is 7. The number of rotatable bonds is 4. The summed E-state index contributed by atoms with van der Waals surface area (Å²) in [5, 5.41) is 10.2. The first-order valence-corrected chi connectivity index (χ1v) is 17.9. The van der Waals surface area contributed by atoms with E-state index in [2.05, 4.69) is 128 Å². The van der Waals surface area contributed by atoms with Crippen LogP contribution in [0.2, 0.25) is 5.02 Å². The first-order valence-electron chi connectivity index (χ1n) is 16.7. The third-order valence-corrected chi connectivity index (χ3v) is 11.8. The molecule has 0 radical (unpaired) electrons. The number of nitrogens with zero attached hydrogens (tertiary/aromatic N) is 2. The van der Waals surface area contributed by atoms with E-state index in [9.17, 15) is 0 Å². The van der Waals surface area contributed by atoms with E-state index >= 15 is 0 Å². The van der Waals surface area contributed by atoms with Crippen molar-refractivity contribution in [1.29, 1.82) is 0 Å². The summed E-state index contributed by atoms with van der Waals surface area (Å²) in [7, 11) is 0. The topological polar surface area (TPSA) is 37.9 Å². The number of para-hydroxylation sites is 1. The van der Waals surface area contributed by atoms with E-state index in [0.717, 1.165) is 77.1 Å². The van der Waals surface area contributed by atoms with Crippen molar-refractivity contribution in [1.82, 2.24) is 0 Å². The molecule has 0 aliphatic carbocycles. The fraction of sp³-hybridized carbons (Fsp3) is 0.0909. The van der Waals surface area contributed by atoms with E-state index in [4.69, 9.17) is 26.0 Å². The number of thiophene rings is 1. The molecule has 2 unspecified atom stereocenters. The van der Waals surface area contributed by atoms with Gasteiger partial charge in [-0.25, -0.2) is 4.99 Å². The standard InChI is InChI=1S/C44H29ClN2OS/c1-2-28-40(27-23-35-31-22-21-26-12-4-6-15-30(26)42(31)49-43(35)36(45)24-27)46-44(32-17-9-13-25-11-3-5-14-29(25)32)47-41(28)34-18-10-20-38-39(34)33-16-7-8-19-37(33)48-38/h3-24,28,40H,2H2,1H3. The van der Waals surface area contributed by atoms with E-state index < -0.39 is 0 Å². The normalized spacial score (nSPS) is 16.7. The zero-order valence-electron chi connectivity index (χ0n) is 26.7. The Hall–Kier alpha value is -5.29. The maximum Gasteiger partial charge on any atom is 0.156 e. The molecule has 0 saturated carbocycles. The van der Waals surface area contributed by atoms with Gasteiger partial charge in [0.15, 0.2) is 5.84 Å². The van der Waals surface area contributed by atoms with E-state index in [0.29, 0.717) is 0 Å². The Bertz CT molecular complexity index is 2850. The highest BCUT2D eigenvalue weighted by Gasteiger charge is 2.34. The van der Waals surface area contributed by atoms with Crippen molar-refractivity contribution in [2.75, 3.05) is 0 Å². The van der Waals surface area contributed by atoms with Crippen LogP contribution in [0.15, 0.2) is 148 Å². The predicted molar refractivity (Wildman–Crippen MR) is 209 cm³/mol. The van der Waals surface area contributed by atoms with Crippen LogP contribution in [0.4, 0.5) is 0 Å². The highest BCUT2D eigenvalue weighted by Crippen LogP contribution is 2.46. The largest absolute Gasteiger partial charge is 0.456 e. The van der Waals surface area contributed by atoms with Gasteiger partial charge in [-0.05, 0) is 57.8 Å². The molecule has 0 bridgehead atoms. The summed E-state index contributed by atoms with van der Waals surface area (Å²) >= 11 is 9.01. The van der Waals surface area contributed by atoms with Gasteiger partial charge in [0, 0.05) is 43.3 Å². The lowest BCUT2D eigenvalue weighted by Gasteiger charge is -2.30. The van der Waals surface area contributed by atoms with Crippen molar-refractivity contribution in [3.05, 3.63) is 155 Å². The average molecular weight is 669 g/mol. The molecule has 3 nitrogen and oxygen atoms in total. The molecule has 1 aliphatic heterocycles. The third kappa shape index (κ3) is 4.41. The number of fused-ring (bicyclic) bond motifs is 9. The Balaban J connectivity index is 1.24. The van der Waals surface area contributed by atoms with Crippen molar-refractivity contribution in [2.24, 2.45) is 15.9 Å². The molecule has 0 amide bonds. The fourth-order valence-corrected chi connectivity index (χ4v) is 9.44. The van der Waals surface area contributed by atoms with Crippen molar-refractivity contribution in [3.63, 3.8) is 0 Å². The van der Waals surface area contributed by atoms with Gasteiger partial charge in [0.05, 0.1) is 21.5 Å². The van der Waals surface area contributed by atoms with Gasteiger partial charge in [-0.2, -0.15) is 0 Å². The molecule has 0 saturated heterocycles. The molecular weight excluding hydrogens is 640 g/mol. The van der Waals surface area contributed by atoms with Crippen LogP contribution in [-0.4, -0.2) is 11.5 Å². The van der Waals surface area contributed by atoms with Gasteiger partial charge in [-0.3, -0.25) is 4.99 Å². The molecule has 7 aromatic carbocycles. The van der Waals surface area contributed by atoms with Crippen molar-refractivity contribution < 1.29 is 4.42 Å². The van der Waals surface area contributed by atoms with Crippen LogP contribution in [0.25, 0.3) is 63.7 Å². The van der Waals surface area contributed by atoms with Crippen LogP contribution < -0.4 is 0 Å². The lowest BCUT2D eigenvalue weighted by Crippen LogP contribution is -2.28. The minimum Gasteiger partial charge on any atom is -0.456 e. The Morgan fingerprint density at radius 2 is 1.33 bits per heavy atom. The Kier molecular flexibility index (Phi) is 6.52. The first-order chi connectivity index (χ1) is 24.2. The number of aliphatic imine (C=N–C) groups is 2. The molecule has 2 atom stereocenters. The third-order valence-electron chi connectivity index (χ3n) is 10.2. The van der Waals surface area contributed by atoms with E-state index in [1.165, 1.54) is 26.2 Å². The van der Waals surface area contributed by atoms with Crippen LogP contribution >= 0.6 is 22.9 Å². The van der Waals surface area contributed by atoms with Crippen molar-refractivity contribution >= 4 is 98.1 Å². The van der Waals surface area contributed by atoms with Gasteiger partial charge >= 0.3 is 0 Å². The zero-order valence-corrected chi connectivity index (χ0v) is 28.2. The first kappa shape index (κ1) is 28.7. The Morgan fingerprint density at radius 1 is 0.633 bits per heavy atom. The summed E-state index contributed by atoms with van der Waals surface area (Å²) in [6.45, 7) is 2.24. The second kappa shape index (κ2) is 11.1. The molecule has 2 aromatic heterocycles. The number of halogens is 1. The zero-order chi connectivity index (χ0) is 32.6. The molecule has 10 rings (SSSR count). The molecule has 3 heterocycles. The van der Waals surface area contributed by atoms with E-state index in [-0.39, 0.29) is 12.0 Å². The van der Waals surface area contributed by atoms with Gasteiger partial charge in [-0.1, -0.05) is 128 Å². The Labute approximate surface area is 291 Å². The summed E-state index contributed by atoms with van der Waals surface area (Å²) in [4.78, 5) is 11.0. The SMILES string of the molecule is CCC1C(c2cccc3oc4ccccc4c23)=NC(c2cccc3ccccc23)=NC1c1cc(Cl)c2sc3c4ccccc4ccc3c2c1. The van der Waals surface area contributed by atoms with E-state index in [1.54, 1.807) is 11.3 Å². The summed E-state index contributed by atoms with van der Waals surface area (Å²) in [6, 6.07) is 46.8. The Morgan fingerprint density at radius 3 is 2.18 bits per heavy atom. The number of amidine groups is 1. The number of furan rings is 1. The summed E-state index contributed by atoms with van der Waals surface area (Å²) in [5.74, 6) is 0.751. The number of hydrogen-bond acceptors (Lipinski definition) is 4. The maximum absolute atomic E-state index is 7.23. The van der Waals surface area contributed by atoms with Crippen LogP contribution in [0.3, 0.4) is 0 Å². The van der Waals surface area contributed by atoms with Crippen LogP contribution in [0, 0.1) is 5.92 Å². The summed E-state index contributed by atoms with van der Waals surface area (Å²) < 4.78 is 8.74. The molecule has 0 N–H and O–H groups in total. The van der Waals surface area contributed by atoms with Gasteiger partial charge in [-0.15, -0.1) is 11.3 Å². The second-order valence-corrected chi connectivity index (χ2v) is 14.3. The van der Waals surface area contributed by atoms with Crippen LogP contribution in [-0.2, 0) is 0 Å². The van der Waals surface area contributed by atoms with Crippen molar-refractivity contribution in [2.45, 2.75) is 19.4 Å². The van der Waals surface area contributed by atoms with Crippen molar-refractivity contribution in [3.8, 4) is 0 Å². The van der Waals surface area contributed by atoms with Gasteiger partial charge in [0.2, 0.25) is 0 Å². The van der Waals surface area contributed by atoms with Gasteiger partial charge < -0.3 is 4.42 Å². The maximum atomic E-state index is 7.23. The molecule has 1 aliphatic rings. The molecular formula is C44H29ClN2OS. The highest BCUT2D eigenvalue weighted by atomic mass is 35.5. The molecule has 234 valence electrons. The monoisotopic (exact) mass is 668 g/mol. The molecule has 49 heavy (non-hydrogen) atoms. The van der Waals surface area contributed by atoms with Crippen LogP contribution in [0.5, 0.6) is 0 Å². The van der Waals surface area contributed by atoms with Gasteiger partial charge in [0.25, 0.3) is 0 Å². The lowest BCUT2D eigenvalue weighted by atomic mass is 9.81. The molecule has 9 aromatic rings. The molecule has 0 spiro atoms. The average Bonchev–Trinajstić information content (AvgIpc) is 3.73. The quantitative estimate of drug-likeness (QED) is 0.184. The molecule has 5 heteroatoms. The minimum absolute atomic E-state index is 0.0113. The summed E-state index contributed by atoms with van der Waals surface area (Å²) in [5.41, 5.74) is 5.99. The van der Waals surface area contributed by atoms with Gasteiger partial charge in [0.1, 0.15) is 11.2 Å². The predicted octanol–water partition coefficient (Wildman–Crippen LogP) is 12.9.